The molecule has 0 aliphatic rings. The van der Waals surface area contributed by atoms with Gasteiger partial charge in [-0.3, -0.25) is 4.79 Å². The van der Waals surface area contributed by atoms with Crippen molar-refractivity contribution >= 4 is 28.8 Å². The van der Waals surface area contributed by atoms with Crippen LogP contribution < -0.4 is 5.32 Å². The Morgan fingerprint density at radius 2 is 2.10 bits per heavy atom. The lowest BCUT2D eigenvalue weighted by molar-refractivity contribution is -0.121. The molecule has 1 unspecified atom stereocenters. The molecule has 5 heteroatoms. The van der Waals surface area contributed by atoms with Gasteiger partial charge in [0.1, 0.15) is 0 Å². The van der Waals surface area contributed by atoms with Crippen molar-refractivity contribution in [2.24, 2.45) is 0 Å². The van der Waals surface area contributed by atoms with Crippen molar-refractivity contribution in [3.8, 4) is 0 Å². The van der Waals surface area contributed by atoms with Gasteiger partial charge in [-0.15, -0.1) is 11.3 Å². The van der Waals surface area contributed by atoms with E-state index in [2.05, 4.69) is 10.3 Å². The number of carbonyl (C=O) groups excluding carboxylic acids is 1. The monoisotopic (exact) mass is 308 g/mol. The third-order valence-electron chi connectivity index (χ3n) is 3.02. The van der Waals surface area contributed by atoms with Gasteiger partial charge < -0.3 is 5.32 Å². The summed E-state index contributed by atoms with van der Waals surface area (Å²) in [5.74, 6) is -0.00269. The molecule has 20 heavy (non-hydrogen) atoms. The second kappa shape index (κ2) is 6.86. The quantitative estimate of drug-likeness (QED) is 0.909. The summed E-state index contributed by atoms with van der Waals surface area (Å²) < 4.78 is 0. The normalized spacial score (nSPS) is 12.2. The van der Waals surface area contributed by atoms with Gasteiger partial charge in [0.2, 0.25) is 5.91 Å². The summed E-state index contributed by atoms with van der Waals surface area (Å²) in [6.45, 7) is 3.99. The largest absolute Gasteiger partial charge is 0.349 e. The highest BCUT2D eigenvalue weighted by atomic mass is 35.5. The number of halogens is 1. The predicted molar refractivity (Wildman–Crippen MR) is 83.2 cm³/mol. The molecule has 2 aromatic rings. The van der Waals surface area contributed by atoms with Crippen molar-refractivity contribution in [3.05, 3.63) is 50.9 Å². The lowest BCUT2D eigenvalue weighted by Gasteiger charge is -2.17. The maximum Gasteiger partial charge on any atom is 0.226 e. The van der Waals surface area contributed by atoms with E-state index >= 15 is 0 Å². The molecule has 0 aliphatic carbocycles. The average molecular weight is 309 g/mol. The van der Waals surface area contributed by atoms with Gasteiger partial charge in [-0.25, -0.2) is 4.98 Å². The molecule has 0 saturated carbocycles. The van der Waals surface area contributed by atoms with Crippen LogP contribution in [-0.4, -0.2) is 10.9 Å². The number of aryl methyl sites for hydroxylation is 1. The van der Waals surface area contributed by atoms with Crippen LogP contribution in [0.15, 0.2) is 29.6 Å². The maximum atomic E-state index is 12.1. The zero-order valence-electron chi connectivity index (χ0n) is 11.5. The maximum absolute atomic E-state index is 12.1. The van der Waals surface area contributed by atoms with Crippen LogP contribution in [0.5, 0.6) is 0 Å². The molecular formula is C15H17ClN2OS. The summed E-state index contributed by atoms with van der Waals surface area (Å²) in [6, 6.07) is 7.60. The fourth-order valence-corrected chi connectivity index (χ4v) is 2.75. The van der Waals surface area contributed by atoms with Crippen molar-refractivity contribution in [3.63, 3.8) is 0 Å². The molecule has 106 valence electrons. The van der Waals surface area contributed by atoms with Crippen LogP contribution in [0.2, 0.25) is 5.02 Å². The molecule has 1 aromatic heterocycles. The fraction of sp³-hybridized carbons (Fsp3) is 0.333. The van der Waals surface area contributed by atoms with Gasteiger partial charge in [-0.05, 0) is 31.0 Å². The Labute approximate surface area is 128 Å². The molecule has 3 nitrogen and oxygen atoms in total. The van der Waals surface area contributed by atoms with Gasteiger partial charge in [0.15, 0.2) is 0 Å². The van der Waals surface area contributed by atoms with Crippen molar-refractivity contribution in [1.82, 2.24) is 10.3 Å². The van der Waals surface area contributed by atoms with Crippen molar-refractivity contribution in [2.45, 2.75) is 32.7 Å². The Balaban J connectivity index is 1.99. The predicted octanol–water partition coefficient (Wildman–Crippen LogP) is 3.91. The highest BCUT2D eigenvalue weighted by Gasteiger charge is 2.14. The van der Waals surface area contributed by atoms with E-state index in [9.17, 15) is 4.79 Å². The summed E-state index contributed by atoms with van der Waals surface area (Å²) in [5, 5.41) is 6.66. The Bertz CT molecular complexity index is 580. The van der Waals surface area contributed by atoms with Crippen LogP contribution in [0, 0.1) is 6.92 Å². The number of nitrogens with one attached hydrogen (secondary N) is 1. The number of hydrogen-bond acceptors (Lipinski definition) is 3. The van der Waals surface area contributed by atoms with Crippen molar-refractivity contribution in [1.29, 1.82) is 0 Å². The van der Waals surface area contributed by atoms with E-state index in [1.54, 1.807) is 11.3 Å². The first kappa shape index (κ1) is 15.0. The summed E-state index contributed by atoms with van der Waals surface area (Å²) in [6.07, 6.45) is 1.16. The zero-order valence-corrected chi connectivity index (χ0v) is 13.1. The molecule has 1 amide bonds. The molecule has 0 aliphatic heterocycles. The Morgan fingerprint density at radius 1 is 1.40 bits per heavy atom. The highest BCUT2D eigenvalue weighted by Crippen LogP contribution is 2.19. The average Bonchev–Trinajstić information content (AvgIpc) is 2.82. The topological polar surface area (TPSA) is 42.0 Å². The molecule has 1 aromatic carbocycles. The van der Waals surface area contributed by atoms with Crippen LogP contribution in [0.1, 0.15) is 35.7 Å². The molecule has 0 fully saturated rings. The number of rotatable bonds is 5. The van der Waals surface area contributed by atoms with E-state index < -0.39 is 0 Å². The summed E-state index contributed by atoms with van der Waals surface area (Å²) in [4.78, 5) is 16.4. The summed E-state index contributed by atoms with van der Waals surface area (Å²) >= 11 is 7.44. The first-order valence-electron chi connectivity index (χ1n) is 6.54. The van der Waals surface area contributed by atoms with E-state index in [-0.39, 0.29) is 11.9 Å². The van der Waals surface area contributed by atoms with Gasteiger partial charge in [0.25, 0.3) is 0 Å². The van der Waals surface area contributed by atoms with Gasteiger partial charge >= 0.3 is 0 Å². The van der Waals surface area contributed by atoms with E-state index in [1.807, 2.05) is 43.5 Å². The van der Waals surface area contributed by atoms with Crippen LogP contribution in [0.25, 0.3) is 0 Å². The minimum Gasteiger partial charge on any atom is -0.349 e. The Hall–Kier alpha value is -1.39. The molecule has 1 N–H and O–H groups in total. The molecular weight excluding hydrogens is 292 g/mol. The van der Waals surface area contributed by atoms with Crippen molar-refractivity contribution in [2.75, 3.05) is 0 Å². The van der Waals surface area contributed by atoms with Crippen LogP contribution in [0.4, 0.5) is 0 Å². The summed E-state index contributed by atoms with van der Waals surface area (Å²) in [5.41, 5.74) is 1.90. The third-order valence-corrected chi connectivity index (χ3v) is 4.10. The molecule has 1 atom stereocenters. The van der Waals surface area contributed by atoms with Crippen LogP contribution in [-0.2, 0) is 11.2 Å². The minimum absolute atomic E-state index is 0.00269. The SMILES string of the molecule is CCC(NC(=O)Cc1csc(C)n1)c1ccc(Cl)cc1. The van der Waals surface area contributed by atoms with E-state index in [0.717, 1.165) is 22.7 Å². The van der Waals surface area contributed by atoms with Gasteiger partial charge in [-0.2, -0.15) is 0 Å². The van der Waals surface area contributed by atoms with E-state index in [1.165, 1.54) is 0 Å². The number of hydrogen-bond donors (Lipinski definition) is 1. The number of amides is 1. The highest BCUT2D eigenvalue weighted by molar-refractivity contribution is 7.09. The lowest BCUT2D eigenvalue weighted by atomic mass is 10.0. The second-order valence-corrected chi connectivity index (χ2v) is 6.11. The van der Waals surface area contributed by atoms with Crippen LogP contribution in [0.3, 0.4) is 0 Å². The summed E-state index contributed by atoms with van der Waals surface area (Å²) in [7, 11) is 0. The van der Waals surface area contributed by atoms with Gasteiger partial charge in [0, 0.05) is 10.4 Å². The number of benzene rings is 1. The van der Waals surface area contributed by atoms with Crippen LogP contribution >= 0.6 is 22.9 Å². The molecule has 0 radical (unpaired) electrons. The van der Waals surface area contributed by atoms with Crippen molar-refractivity contribution < 1.29 is 4.79 Å². The van der Waals surface area contributed by atoms with Gasteiger partial charge in [0.05, 0.1) is 23.2 Å². The number of carbonyl (C=O) groups is 1. The fourth-order valence-electron chi connectivity index (χ4n) is 2.02. The molecule has 0 bridgehead atoms. The number of nitrogens with zero attached hydrogens (tertiary/aromatic N) is 1. The second-order valence-electron chi connectivity index (χ2n) is 4.61. The number of aromatic nitrogens is 1. The molecule has 2 rings (SSSR count). The smallest absolute Gasteiger partial charge is 0.226 e. The molecule has 1 heterocycles. The molecule has 0 saturated heterocycles. The standard InChI is InChI=1S/C15H17ClN2OS/c1-3-14(11-4-6-12(16)7-5-11)18-15(19)8-13-9-20-10(2)17-13/h4-7,9,14H,3,8H2,1-2H3,(H,18,19). The Kier molecular flexibility index (Phi) is 5.15. The zero-order chi connectivity index (χ0) is 14.5. The van der Waals surface area contributed by atoms with Gasteiger partial charge in [-0.1, -0.05) is 30.7 Å². The number of thiazole rings is 1. The first-order valence-corrected chi connectivity index (χ1v) is 7.80. The Morgan fingerprint density at radius 3 is 2.65 bits per heavy atom. The molecule has 0 spiro atoms. The van der Waals surface area contributed by atoms with E-state index in [4.69, 9.17) is 11.6 Å². The lowest BCUT2D eigenvalue weighted by Crippen LogP contribution is -2.29. The third kappa shape index (κ3) is 4.05. The van der Waals surface area contributed by atoms with E-state index in [0.29, 0.717) is 11.4 Å². The minimum atomic E-state index is -0.00269. The first-order chi connectivity index (χ1) is 9.58.